The number of fused-ring (bicyclic) bond motifs is 1. The van der Waals surface area contributed by atoms with Gasteiger partial charge >= 0.3 is 0 Å². The van der Waals surface area contributed by atoms with E-state index in [-0.39, 0.29) is 30.5 Å². The molecule has 4 aliphatic rings. The number of allylic oxidation sites excluding steroid dienone is 4. The third-order valence-electron chi connectivity index (χ3n) is 6.25. The molecule has 2 heterocycles. The lowest BCUT2D eigenvalue weighted by atomic mass is 9.94. The molecule has 0 spiro atoms. The smallest absolute Gasteiger partial charge is 0.100 e. The average Bonchev–Trinajstić information content (AvgIpc) is 3.40. The summed E-state index contributed by atoms with van der Waals surface area (Å²) in [6.07, 6.45) is 13.4. The fraction of sp³-hybridized carbons (Fsp3) is 0.750. The van der Waals surface area contributed by atoms with Crippen molar-refractivity contribution in [2.75, 3.05) is 19.6 Å². The Hall–Kier alpha value is -0.690. The highest BCUT2D eigenvalue weighted by atomic mass is 32.1. The van der Waals surface area contributed by atoms with Gasteiger partial charge in [0.05, 0.1) is 0 Å². The number of nitrogens with two attached hydrogens (primary N) is 1. The molecule has 3 fully saturated rings. The Labute approximate surface area is 187 Å². The number of rotatable bonds is 6. The Morgan fingerprint density at radius 3 is 2.33 bits per heavy atom. The summed E-state index contributed by atoms with van der Waals surface area (Å²) in [5.41, 5.74) is 6.16. The van der Waals surface area contributed by atoms with Crippen LogP contribution in [0.5, 0.6) is 0 Å². The molecule has 6 heteroatoms. The fourth-order valence-corrected chi connectivity index (χ4v) is 4.42. The van der Waals surface area contributed by atoms with Gasteiger partial charge in [0.25, 0.3) is 0 Å². The second kappa shape index (κ2) is 13.7. The quantitative estimate of drug-likeness (QED) is 0.387. The molecular formula is C24H41F2N3S. The summed E-state index contributed by atoms with van der Waals surface area (Å²) in [6.45, 7) is 9.79. The van der Waals surface area contributed by atoms with Gasteiger partial charge in [-0.25, -0.2) is 8.78 Å². The van der Waals surface area contributed by atoms with E-state index in [0.717, 1.165) is 30.1 Å². The standard InChI is InChI=1S/C15H29N3.C6H6F2.C3H6S/c1-3-6-13(16)9-14(4-2)18-10-12-7-5-8-17-15(12)11-18;7-5-1-2-6(8)4-3-5;4-3-1-2-3/h3,12-15,17H,1,4-11,16H2,2H3;1-2H,3-4H2;3-4H,1-2H2. The molecule has 0 radical (unpaired) electrons. The highest BCUT2D eigenvalue weighted by Gasteiger charge is 2.36. The maximum atomic E-state index is 12.0. The molecule has 30 heavy (non-hydrogen) atoms. The Balaban J connectivity index is 0.000000217. The van der Waals surface area contributed by atoms with E-state index >= 15 is 0 Å². The molecule has 2 aliphatic heterocycles. The zero-order valence-electron chi connectivity index (χ0n) is 18.5. The third kappa shape index (κ3) is 9.63. The van der Waals surface area contributed by atoms with Gasteiger partial charge in [0.1, 0.15) is 11.7 Å². The number of hydrogen-bond donors (Lipinski definition) is 3. The zero-order valence-corrected chi connectivity index (χ0v) is 19.4. The Morgan fingerprint density at radius 2 is 1.87 bits per heavy atom. The molecule has 2 saturated heterocycles. The molecule has 4 unspecified atom stereocenters. The summed E-state index contributed by atoms with van der Waals surface area (Å²) >= 11 is 4.08. The molecule has 3 nitrogen and oxygen atoms in total. The molecule has 4 rings (SSSR count). The number of nitrogens with one attached hydrogen (secondary N) is 1. The molecule has 2 aliphatic carbocycles. The van der Waals surface area contributed by atoms with E-state index in [0.29, 0.717) is 6.04 Å². The van der Waals surface area contributed by atoms with Gasteiger partial charge in [0.15, 0.2) is 0 Å². The minimum atomic E-state index is -0.230. The van der Waals surface area contributed by atoms with Crippen LogP contribution in [0, 0.1) is 5.92 Å². The van der Waals surface area contributed by atoms with Crippen LogP contribution in [-0.4, -0.2) is 47.9 Å². The van der Waals surface area contributed by atoms with Crippen molar-refractivity contribution < 1.29 is 8.78 Å². The van der Waals surface area contributed by atoms with Crippen molar-refractivity contribution in [2.45, 2.75) is 88.1 Å². The van der Waals surface area contributed by atoms with Crippen LogP contribution >= 0.6 is 12.6 Å². The summed E-state index contributed by atoms with van der Waals surface area (Å²) in [6, 6.07) is 1.68. The number of likely N-dealkylation sites (tertiary alicyclic amines) is 1. The SMILES string of the molecule is C=CCC(N)CC(CC)N1CC2CCCNC2C1.FC1=CC=C(F)CC1.SC1CC1. The lowest BCUT2D eigenvalue weighted by Gasteiger charge is -2.29. The van der Waals surface area contributed by atoms with E-state index in [4.69, 9.17) is 5.73 Å². The highest BCUT2D eigenvalue weighted by Crippen LogP contribution is 2.28. The molecule has 0 amide bonds. The summed E-state index contributed by atoms with van der Waals surface area (Å²) in [5.74, 6) is 0.418. The van der Waals surface area contributed by atoms with Crippen LogP contribution in [0.4, 0.5) is 8.78 Å². The van der Waals surface area contributed by atoms with E-state index < -0.39 is 0 Å². The lowest BCUT2D eigenvalue weighted by Crippen LogP contribution is -2.42. The number of halogens is 2. The minimum absolute atomic E-state index is 0.225. The predicted molar refractivity (Wildman–Crippen MR) is 127 cm³/mol. The predicted octanol–water partition coefficient (Wildman–Crippen LogP) is 5.31. The van der Waals surface area contributed by atoms with E-state index in [1.165, 1.54) is 63.9 Å². The lowest BCUT2D eigenvalue weighted by molar-refractivity contribution is 0.205. The van der Waals surface area contributed by atoms with Crippen molar-refractivity contribution in [3.05, 3.63) is 36.5 Å². The fourth-order valence-electron chi connectivity index (χ4n) is 4.27. The molecule has 0 aromatic heterocycles. The first kappa shape index (κ1) is 25.6. The number of piperidine rings is 1. The normalized spacial score (nSPS) is 27.9. The largest absolute Gasteiger partial charge is 0.327 e. The van der Waals surface area contributed by atoms with Gasteiger partial charge in [-0.15, -0.1) is 6.58 Å². The van der Waals surface area contributed by atoms with E-state index in [1.54, 1.807) is 0 Å². The topological polar surface area (TPSA) is 41.3 Å². The van der Waals surface area contributed by atoms with Crippen LogP contribution in [-0.2, 0) is 0 Å². The maximum absolute atomic E-state index is 12.0. The van der Waals surface area contributed by atoms with Crippen LogP contribution in [0.2, 0.25) is 0 Å². The average molecular weight is 442 g/mol. The second-order valence-corrected chi connectivity index (χ2v) is 9.69. The van der Waals surface area contributed by atoms with Crippen molar-refractivity contribution in [3.8, 4) is 0 Å². The first-order valence-electron chi connectivity index (χ1n) is 11.7. The van der Waals surface area contributed by atoms with Crippen molar-refractivity contribution >= 4 is 12.6 Å². The van der Waals surface area contributed by atoms with Crippen LogP contribution in [0.3, 0.4) is 0 Å². The summed E-state index contributed by atoms with van der Waals surface area (Å²) in [5, 5.41) is 4.46. The van der Waals surface area contributed by atoms with E-state index in [1.807, 2.05) is 6.08 Å². The highest BCUT2D eigenvalue weighted by molar-refractivity contribution is 7.81. The van der Waals surface area contributed by atoms with Gasteiger partial charge in [-0.1, -0.05) is 13.0 Å². The van der Waals surface area contributed by atoms with E-state index in [9.17, 15) is 8.78 Å². The maximum Gasteiger partial charge on any atom is 0.100 e. The molecular weight excluding hydrogens is 400 g/mol. The molecule has 0 aromatic carbocycles. The molecule has 1 saturated carbocycles. The van der Waals surface area contributed by atoms with Crippen molar-refractivity contribution in [2.24, 2.45) is 11.7 Å². The monoisotopic (exact) mass is 441 g/mol. The minimum Gasteiger partial charge on any atom is -0.327 e. The number of nitrogens with zero attached hydrogens (tertiary/aromatic N) is 1. The van der Waals surface area contributed by atoms with Gasteiger partial charge in [0.2, 0.25) is 0 Å². The molecule has 172 valence electrons. The van der Waals surface area contributed by atoms with Crippen molar-refractivity contribution in [1.29, 1.82) is 0 Å². The van der Waals surface area contributed by atoms with Gasteiger partial charge in [-0.3, -0.25) is 4.90 Å². The summed E-state index contributed by atoms with van der Waals surface area (Å²) in [4.78, 5) is 2.68. The van der Waals surface area contributed by atoms with Crippen molar-refractivity contribution in [3.63, 3.8) is 0 Å². The zero-order chi connectivity index (χ0) is 21.9. The van der Waals surface area contributed by atoms with Gasteiger partial charge in [0, 0.05) is 49.3 Å². The van der Waals surface area contributed by atoms with Crippen LogP contribution in [0.1, 0.15) is 64.7 Å². The van der Waals surface area contributed by atoms with Crippen LogP contribution in [0.25, 0.3) is 0 Å². The van der Waals surface area contributed by atoms with Gasteiger partial charge in [-0.05, 0) is 69.6 Å². The Bertz CT molecular complexity index is 545. The molecule has 4 atom stereocenters. The summed E-state index contributed by atoms with van der Waals surface area (Å²) < 4.78 is 24.0. The first-order valence-corrected chi connectivity index (χ1v) is 12.2. The van der Waals surface area contributed by atoms with E-state index in [2.05, 4.69) is 36.3 Å². The Morgan fingerprint density at radius 1 is 1.23 bits per heavy atom. The Kier molecular flexibility index (Phi) is 11.6. The van der Waals surface area contributed by atoms with Gasteiger partial charge < -0.3 is 11.1 Å². The van der Waals surface area contributed by atoms with Crippen LogP contribution in [0.15, 0.2) is 36.5 Å². The van der Waals surface area contributed by atoms with Gasteiger partial charge in [-0.2, -0.15) is 12.6 Å². The van der Waals surface area contributed by atoms with Crippen LogP contribution < -0.4 is 11.1 Å². The molecule has 0 aromatic rings. The third-order valence-corrected chi connectivity index (χ3v) is 6.77. The van der Waals surface area contributed by atoms with Crippen molar-refractivity contribution in [1.82, 2.24) is 10.2 Å². The number of hydrogen-bond acceptors (Lipinski definition) is 4. The summed E-state index contributed by atoms with van der Waals surface area (Å²) in [7, 11) is 0. The number of thiol groups is 1. The first-order chi connectivity index (χ1) is 14.4. The second-order valence-electron chi connectivity index (χ2n) is 8.96. The molecule has 3 N–H and O–H groups in total. The molecule has 0 bridgehead atoms.